The molecule has 0 saturated carbocycles. The topological polar surface area (TPSA) is 100 Å². The van der Waals surface area contributed by atoms with Crippen molar-refractivity contribution in [1.29, 1.82) is 0 Å². The Morgan fingerprint density at radius 1 is 1.29 bits per heavy atom. The zero-order valence-corrected chi connectivity index (χ0v) is 11.3. The molecule has 0 fully saturated rings. The molecule has 0 spiro atoms. The van der Waals surface area contributed by atoms with E-state index in [0.29, 0.717) is 5.82 Å². The van der Waals surface area contributed by atoms with Gasteiger partial charge in [-0.15, -0.1) is 0 Å². The molecule has 0 saturated heterocycles. The SMILES string of the molecule is CN(Cc1ncc[nH]1)S(=O)(=O)CCS(C)(=O)=O. The van der Waals surface area contributed by atoms with Gasteiger partial charge in [-0.1, -0.05) is 0 Å². The Labute approximate surface area is 101 Å². The van der Waals surface area contributed by atoms with Crippen LogP contribution in [0.25, 0.3) is 0 Å². The van der Waals surface area contributed by atoms with Gasteiger partial charge in [0.15, 0.2) is 0 Å². The summed E-state index contributed by atoms with van der Waals surface area (Å²) in [6.07, 6.45) is 4.12. The molecule has 7 nitrogen and oxygen atoms in total. The smallest absolute Gasteiger partial charge is 0.215 e. The number of rotatable bonds is 6. The number of aromatic nitrogens is 2. The molecule has 1 heterocycles. The van der Waals surface area contributed by atoms with E-state index < -0.39 is 25.6 Å². The highest BCUT2D eigenvalue weighted by molar-refractivity contribution is 7.93. The fraction of sp³-hybridized carbons (Fsp3) is 0.625. The van der Waals surface area contributed by atoms with E-state index in [0.717, 1.165) is 10.6 Å². The van der Waals surface area contributed by atoms with Crippen LogP contribution < -0.4 is 0 Å². The van der Waals surface area contributed by atoms with Gasteiger partial charge in [-0.25, -0.2) is 21.8 Å². The molecular weight excluding hydrogens is 266 g/mol. The van der Waals surface area contributed by atoms with Crippen molar-refractivity contribution < 1.29 is 16.8 Å². The first-order valence-electron chi connectivity index (χ1n) is 4.81. The number of imidazole rings is 1. The molecule has 9 heteroatoms. The fourth-order valence-electron chi connectivity index (χ4n) is 1.11. The second-order valence-corrected chi connectivity index (χ2v) is 8.19. The number of nitrogens with one attached hydrogen (secondary N) is 1. The van der Waals surface area contributed by atoms with Crippen LogP contribution in [0.1, 0.15) is 5.82 Å². The molecule has 1 N–H and O–H groups in total. The third kappa shape index (κ3) is 4.84. The average molecular weight is 281 g/mol. The van der Waals surface area contributed by atoms with Gasteiger partial charge in [0.2, 0.25) is 10.0 Å². The summed E-state index contributed by atoms with van der Waals surface area (Å²) in [5.41, 5.74) is 0. The van der Waals surface area contributed by atoms with E-state index in [-0.39, 0.29) is 12.3 Å². The van der Waals surface area contributed by atoms with E-state index in [1.165, 1.54) is 13.2 Å². The van der Waals surface area contributed by atoms with E-state index in [1.54, 1.807) is 6.20 Å². The molecule has 0 aliphatic heterocycles. The van der Waals surface area contributed by atoms with Gasteiger partial charge in [-0.2, -0.15) is 4.31 Å². The van der Waals surface area contributed by atoms with Gasteiger partial charge in [0.1, 0.15) is 15.7 Å². The lowest BCUT2D eigenvalue weighted by Crippen LogP contribution is -2.31. The van der Waals surface area contributed by atoms with E-state index in [2.05, 4.69) is 9.97 Å². The number of sulfone groups is 1. The van der Waals surface area contributed by atoms with Crippen LogP contribution in [0.2, 0.25) is 0 Å². The lowest BCUT2D eigenvalue weighted by molar-refractivity contribution is 0.459. The monoisotopic (exact) mass is 281 g/mol. The highest BCUT2D eigenvalue weighted by atomic mass is 32.2. The maximum atomic E-state index is 11.7. The van der Waals surface area contributed by atoms with Crippen molar-refractivity contribution in [2.24, 2.45) is 0 Å². The van der Waals surface area contributed by atoms with Gasteiger partial charge in [-0.3, -0.25) is 0 Å². The van der Waals surface area contributed by atoms with Gasteiger partial charge in [-0.05, 0) is 0 Å². The van der Waals surface area contributed by atoms with Gasteiger partial charge in [0, 0.05) is 25.7 Å². The summed E-state index contributed by atoms with van der Waals surface area (Å²) in [6, 6.07) is 0. The summed E-state index contributed by atoms with van der Waals surface area (Å²) >= 11 is 0. The second-order valence-electron chi connectivity index (χ2n) is 3.74. The third-order valence-electron chi connectivity index (χ3n) is 2.11. The third-order valence-corrected chi connectivity index (χ3v) is 5.12. The normalized spacial score (nSPS) is 13.1. The first-order valence-corrected chi connectivity index (χ1v) is 8.48. The average Bonchev–Trinajstić information content (AvgIpc) is 2.66. The van der Waals surface area contributed by atoms with Gasteiger partial charge < -0.3 is 4.98 Å². The lowest BCUT2D eigenvalue weighted by Gasteiger charge is -2.15. The maximum Gasteiger partial charge on any atom is 0.215 e. The molecule has 0 unspecified atom stereocenters. The Balaban J connectivity index is 2.64. The Morgan fingerprint density at radius 2 is 1.94 bits per heavy atom. The first-order chi connectivity index (χ1) is 7.71. The van der Waals surface area contributed by atoms with Crippen molar-refractivity contribution in [3.63, 3.8) is 0 Å². The van der Waals surface area contributed by atoms with Crippen LogP contribution in [0.15, 0.2) is 12.4 Å². The number of H-pyrrole nitrogens is 1. The molecule has 1 aromatic heterocycles. The van der Waals surface area contributed by atoms with Crippen molar-refractivity contribution >= 4 is 19.9 Å². The molecule has 98 valence electrons. The standard InChI is InChI=1S/C8H15N3O4S2/c1-11(7-8-9-3-4-10-8)17(14,15)6-5-16(2,12)13/h3-4H,5-7H2,1-2H3,(H,9,10). The van der Waals surface area contributed by atoms with Crippen molar-refractivity contribution in [1.82, 2.24) is 14.3 Å². The second kappa shape index (κ2) is 5.15. The zero-order valence-electron chi connectivity index (χ0n) is 9.62. The Hall–Kier alpha value is -0.930. The Morgan fingerprint density at radius 3 is 2.41 bits per heavy atom. The van der Waals surface area contributed by atoms with Crippen LogP contribution in [-0.4, -0.2) is 55.9 Å². The van der Waals surface area contributed by atoms with E-state index in [1.807, 2.05) is 0 Å². The first kappa shape index (κ1) is 14.1. The summed E-state index contributed by atoms with van der Waals surface area (Å²) in [5.74, 6) is -0.281. The zero-order chi connectivity index (χ0) is 13.1. The van der Waals surface area contributed by atoms with Crippen LogP contribution in [0.5, 0.6) is 0 Å². The summed E-state index contributed by atoms with van der Waals surface area (Å²) in [6.45, 7) is 0.0963. The molecule has 1 rings (SSSR count). The van der Waals surface area contributed by atoms with Crippen LogP contribution >= 0.6 is 0 Å². The molecule has 0 aliphatic carbocycles. The predicted octanol–water partition coefficient (Wildman–Crippen LogP) is -0.784. The molecule has 0 aliphatic rings. The van der Waals surface area contributed by atoms with Crippen molar-refractivity contribution in [3.8, 4) is 0 Å². The van der Waals surface area contributed by atoms with Crippen LogP contribution in [-0.2, 0) is 26.4 Å². The fourth-order valence-corrected chi connectivity index (χ4v) is 3.79. The number of nitrogens with zero attached hydrogens (tertiary/aromatic N) is 2. The van der Waals surface area contributed by atoms with E-state index in [4.69, 9.17) is 0 Å². The largest absolute Gasteiger partial charge is 0.347 e. The van der Waals surface area contributed by atoms with Gasteiger partial charge in [0.05, 0.1) is 18.1 Å². The van der Waals surface area contributed by atoms with Crippen LogP contribution in [0.3, 0.4) is 0 Å². The summed E-state index contributed by atoms with van der Waals surface area (Å²) in [7, 11) is -5.47. The van der Waals surface area contributed by atoms with Crippen molar-refractivity contribution in [2.75, 3.05) is 24.8 Å². The summed E-state index contributed by atoms with van der Waals surface area (Å²) < 4.78 is 46.4. The molecular formula is C8H15N3O4S2. The predicted molar refractivity (Wildman–Crippen MR) is 63.6 cm³/mol. The van der Waals surface area contributed by atoms with E-state index >= 15 is 0 Å². The quantitative estimate of drug-likeness (QED) is 0.737. The number of sulfonamides is 1. The number of aromatic amines is 1. The number of hydrogen-bond acceptors (Lipinski definition) is 5. The number of hydrogen-bond donors (Lipinski definition) is 1. The molecule has 1 aromatic rings. The minimum Gasteiger partial charge on any atom is -0.347 e. The minimum atomic E-state index is -3.58. The lowest BCUT2D eigenvalue weighted by atomic mass is 10.6. The molecule has 0 radical (unpaired) electrons. The van der Waals surface area contributed by atoms with Gasteiger partial charge in [0.25, 0.3) is 0 Å². The van der Waals surface area contributed by atoms with Crippen molar-refractivity contribution in [2.45, 2.75) is 6.54 Å². The van der Waals surface area contributed by atoms with E-state index in [9.17, 15) is 16.8 Å². The molecule has 0 amide bonds. The Kier molecular flexibility index (Phi) is 4.28. The Bertz CT molecular complexity index is 548. The molecule has 0 atom stereocenters. The molecule has 17 heavy (non-hydrogen) atoms. The van der Waals surface area contributed by atoms with Crippen LogP contribution in [0, 0.1) is 0 Å². The highest BCUT2D eigenvalue weighted by Gasteiger charge is 2.20. The van der Waals surface area contributed by atoms with Gasteiger partial charge >= 0.3 is 0 Å². The summed E-state index contributed by atoms with van der Waals surface area (Å²) in [4.78, 5) is 6.68. The minimum absolute atomic E-state index is 0.0963. The highest BCUT2D eigenvalue weighted by Crippen LogP contribution is 2.04. The van der Waals surface area contributed by atoms with Crippen LogP contribution in [0.4, 0.5) is 0 Å². The maximum absolute atomic E-state index is 11.7. The summed E-state index contributed by atoms with van der Waals surface area (Å²) in [5, 5.41) is 0. The molecule has 0 bridgehead atoms. The van der Waals surface area contributed by atoms with Crippen molar-refractivity contribution in [3.05, 3.63) is 18.2 Å². The molecule has 0 aromatic carbocycles.